The van der Waals surface area contributed by atoms with Crippen LogP contribution in [-0.4, -0.2) is 78.4 Å². The van der Waals surface area contributed by atoms with Crippen LogP contribution in [0, 0.1) is 6.92 Å². The number of likely N-dealkylation sites (tertiary alicyclic amines) is 1. The van der Waals surface area contributed by atoms with Gasteiger partial charge in [0, 0.05) is 25.2 Å². The maximum atomic E-state index is 9.55. The van der Waals surface area contributed by atoms with Gasteiger partial charge in [0.1, 0.15) is 17.5 Å². The Morgan fingerprint density at radius 2 is 1.53 bits per heavy atom. The minimum absolute atomic E-state index is 0.00827. The second kappa shape index (κ2) is 18.0. The number of unbranched alkanes of at least 4 members (excludes halogenated alkanes) is 3. The number of carboxylic acids is 2. The molecule has 0 bridgehead atoms. The van der Waals surface area contributed by atoms with Gasteiger partial charge in [-0.2, -0.15) is 0 Å². The van der Waals surface area contributed by atoms with E-state index in [4.69, 9.17) is 14.9 Å². The third kappa shape index (κ3) is 11.4. The highest BCUT2D eigenvalue weighted by molar-refractivity contribution is 7.99. The van der Waals surface area contributed by atoms with Crippen LogP contribution in [0.1, 0.15) is 61.3 Å². The minimum Gasteiger partial charge on any atom is -0.478 e. The fourth-order valence-electron chi connectivity index (χ4n) is 5.15. The van der Waals surface area contributed by atoms with E-state index in [2.05, 4.69) is 93.7 Å². The first kappa shape index (κ1) is 33.8. The Bertz CT molecular complexity index is 1450. The largest absolute Gasteiger partial charge is 0.478 e. The highest BCUT2D eigenvalue weighted by Crippen LogP contribution is 2.30. The van der Waals surface area contributed by atoms with Crippen molar-refractivity contribution in [2.75, 3.05) is 25.4 Å². The number of hydrogen-bond donors (Lipinski definition) is 2. The molecule has 1 saturated heterocycles. The second-order valence-electron chi connectivity index (χ2n) is 10.9. The highest BCUT2D eigenvalue weighted by Gasteiger charge is 2.24. The number of aliphatic carboxylic acids is 2. The quantitative estimate of drug-likeness (QED) is 0.0961. The van der Waals surface area contributed by atoms with E-state index in [1.54, 1.807) is 11.0 Å². The molecule has 4 aromatic rings. The third-order valence-corrected chi connectivity index (χ3v) is 8.64. The first-order valence-corrected chi connectivity index (χ1v) is 16.3. The van der Waals surface area contributed by atoms with Gasteiger partial charge >= 0.3 is 11.9 Å². The van der Waals surface area contributed by atoms with E-state index in [1.807, 2.05) is 11.8 Å². The first-order chi connectivity index (χ1) is 21.9. The summed E-state index contributed by atoms with van der Waals surface area (Å²) in [5, 5.41) is 25.4. The number of aromatic nitrogens is 4. The molecule has 45 heavy (non-hydrogen) atoms. The summed E-state index contributed by atoms with van der Waals surface area (Å²) < 4.78 is 8.32. The molecule has 1 fully saturated rings. The number of carbonyl (C=O) groups is 2. The van der Waals surface area contributed by atoms with Crippen LogP contribution in [-0.2, 0) is 14.3 Å². The number of benzene rings is 2. The number of aryl methyl sites for hydroxylation is 1. The zero-order valence-corrected chi connectivity index (χ0v) is 26.4. The van der Waals surface area contributed by atoms with E-state index in [-0.39, 0.29) is 6.10 Å². The van der Waals surface area contributed by atoms with E-state index in [0.29, 0.717) is 18.3 Å². The lowest BCUT2D eigenvalue weighted by atomic mass is 10.00. The van der Waals surface area contributed by atoms with Crippen LogP contribution in [0.4, 0.5) is 0 Å². The summed E-state index contributed by atoms with van der Waals surface area (Å²) in [6.45, 7) is 5.56. The number of hydrogen-bond acceptors (Lipinski definition) is 8. The van der Waals surface area contributed by atoms with Gasteiger partial charge in [0.15, 0.2) is 5.65 Å². The lowest BCUT2D eigenvalue weighted by Gasteiger charge is -2.34. The van der Waals surface area contributed by atoms with Crippen LogP contribution in [0.3, 0.4) is 0 Å². The van der Waals surface area contributed by atoms with Crippen LogP contribution in [0.15, 0.2) is 90.2 Å². The van der Waals surface area contributed by atoms with Gasteiger partial charge < -0.3 is 19.8 Å². The van der Waals surface area contributed by atoms with Crippen molar-refractivity contribution in [3.05, 3.63) is 102 Å². The van der Waals surface area contributed by atoms with E-state index in [1.165, 1.54) is 48.9 Å². The van der Waals surface area contributed by atoms with Crippen LogP contribution in [0.5, 0.6) is 0 Å². The maximum Gasteiger partial charge on any atom is 0.328 e. The zero-order valence-electron chi connectivity index (χ0n) is 25.6. The molecular weight excluding hydrogens is 590 g/mol. The second-order valence-corrected chi connectivity index (χ2v) is 12.0. The molecule has 0 radical (unpaired) electrons. The molecule has 2 aromatic carbocycles. The van der Waals surface area contributed by atoms with Crippen LogP contribution in [0.25, 0.3) is 5.65 Å². The Kier molecular flexibility index (Phi) is 13.6. The van der Waals surface area contributed by atoms with Gasteiger partial charge in [0.2, 0.25) is 0 Å². The zero-order chi connectivity index (χ0) is 31.9. The normalized spacial score (nSPS) is 14.1. The number of nitrogens with zero attached hydrogens (tertiary/aromatic N) is 5. The Labute approximate surface area is 268 Å². The van der Waals surface area contributed by atoms with Crippen LogP contribution in [0.2, 0.25) is 0 Å². The number of carboxylic acid groups (broad SMARTS) is 2. The molecule has 0 aliphatic carbocycles. The van der Waals surface area contributed by atoms with Gasteiger partial charge in [-0.1, -0.05) is 73.5 Å². The topological polar surface area (TPSA) is 130 Å². The van der Waals surface area contributed by atoms with Crippen LogP contribution < -0.4 is 0 Å². The Balaban J connectivity index is 0.000000510. The molecular formula is C34H41N5O5S. The molecule has 11 heteroatoms. The molecule has 1 aliphatic rings. The van der Waals surface area contributed by atoms with Crippen molar-refractivity contribution in [2.24, 2.45) is 0 Å². The molecule has 0 spiro atoms. The number of rotatable bonds is 14. The predicted octanol–water partition coefficient (Wildman–Crippen LogP) is 6.07. The Morgan fingerprint density at radius 3 is 2.13 bits per heavy atom. The monoisotopic (exact) mass is 631 g/mol. The summed E-state index contributed by atoms with van der Waals surface area (Å²) in [6, 6.07) is 23.3. The minimum atomic E-state index is -1.26. The molecule has 238 valence electrons. The Hall–Kier alpha value is -4.06. The molecule has 2 N–H and O–H groups in total. The van der Waals surface area contributed by atoms with Crippen molar-refractivity contribution in [2.45, 2.75) is 62.7 Å². The lowest BCUT2D eigenvalue weighted by Crippen LogP contribution is -2.38. The molecule has 2 aromatic heterocycles. The molecule has 0 atom stereocenters. The van der Waals surface area contributed by atoms with E-state index < -0.39 is 11.9 Å². The van der Waals surface area contributed by atoms with Crippen molar-refractivity contribution >= 4 is 29.3 Å². The number of ether oxygens (including phenoxy) is 1. The van der Waals surface area contributed by atoms with Crippen molar-refractivity contribution in [1.82, 2.24) is 24.7 Å². The highest BCUT2D eigenvalue weighted by atomic mass is 32.2. The van der Waals surface area contributed by atoms with Crippen LogP contribution >= 0.6 is 11.8 Å². The third-order valence-electron chi connectivity index (χ3n) is 7.47. The predicted molar refractivity (Wildman–Crippen MR) is 174 cm³/mol. The SMILES string of the molecule is Cc1cc2ncnn2nc1SCCCCCCN1CCC(OC(c2ccccc2)c2ccccc2)CC1.O=C(O)/C=C/C(=O)O. The van der Waals surface area contributed by atoms with E-state index in [0.717, 1.165) is 42.4 Å². The van der Waals surface area contributed by atoms with Gasteiger partial charge in [0.25, 0.3) is 0 Å². The molecule has 3 heterocycles. The standard InChI is InChI=1S/C30H37N5OS.C4H4O4/c1-24-22-28-31-23-32-35(28)33-30(24)37-21-11-3-2-10-18-34-19-16-27(17-20-34)36-29(25-12-6-4-7-13-25)26-14-8-5-9-15-26;5-3(6)1-2-4(7)8/h4-9,12-15,22-23,27,29H,2-3,10-11,16-21H2,1H3;1-2H,(H,5,6)(H,7,8)/b;2-1+. The lowest BCUT2D eigenvalue weighted by molar-refractivity contribution is -0.134. The van der Waals surface area contributed by atoms with Crippen molar-refractivity contribution in [3.8, 4) is 0 Å². The van der Waals surface area contributed by atoms with Gasteiger partial charge in [-0.15, -0.1) is 26.6 Å². The summed E-state index contributed by atoms with van der Waals surface area (Å²) in [5.74, 6) is -1.42. The summed E-state index contributed by atoms with van der Waals surface area (Å²) in [4.78, 5) is 25.9. The van der Waals surface area contributed by atoms with E-state index in [9.17, 15) is 9.59 Å². The Morgan fingerprint density at radius 1 is 0.933 bits per heavy atom. The fraction of sp³-hybridized carbons (Fsp3) is 0.382. The van der Waals surface area contributed by atoms with Crippen molar-refractivity contribution in [3.63, 3.8) is 0 Å². The number of piperidine rings is 1. The first-order valence-electron chi connectivity index (χ1n) is 15.3. The average Bonchev–Trinajstić information content (AvgIpc) is 3.51. The van der Waals surface area contributed by atoms with Gasteiger partial charge in [-0.3, -0.25) is 0 Å². The summed E-state index contributed by atoms with van der Waals surface area (Å²) in [7, 11) is 0. The molecule has 0 unspecified atom stereocenters. The number of thioether (sulfide) groups is 1. The smallest absolute Gasteiger partial charge is 0.328 e. The van der Waals surface area contributed by atoms with E-state index >= 15 is 0 Å². The summed E-state index contributed by atoms with van der Waals surface area (Å²) in [5.41, 5.74) is 4.46. The molecule has 0 saturated carbocycles. The summed E-state index contributed by atoms with van der Waals surface area (Å²) in [6.07, 6.45) is 10.3. The molecule has 10 nitrogen and oxygen atoms in total. The fourth-order valence-corrected chi connectivity index (χ4v) is 6.11. The van der Waals surface area contributed by atoms with Gasteiger partial charge in [-0.05, 0) is 67.7 Å². The maximum absolute atomic E-state index is 9.55. The number of fused-ring (bicyclic) bond motifs is 1. The van der Waals surface area contributed by atoms with Gasteiger partial charge in [0.05, 0.1) is 6.10 Å². The summed E-state index contributed by atoms with van der Waals surface area (Å²) >= 11 is 1.83. The average molecular weight is 632 g/mol. The molecule has 0 amide bonds. The van der Waals surface area contributed by atoms with Crippen molar-refractivity contribution < 1.29 is 24.5 Å². The molecule has 5 rings (SSSR count). The molecule has 1 aliphatic heterocycles. The van der Waals surface area contributed by atoms with Crippen molar-refractivity contribution in [1.29, 1.82) is 0 Å². The van der Waals surface area contributed by atoms with Gasteiger partial charge in [-0.25, -0.2) is 14.6 Å².